The molecule has 0 bridgehead atoms. The SMILES string of the molecule is Clc1ccc2sc3c(c2c1)CNCC3c1ccccc1. The Bertz CT molecular complexity index is 763. The molecule has 1 atom stereocenters. The molecule has 3 aromatic rings. The third kappa shape index (κ3) is 1.96. The first kappa shape index (κ1) is 12.4. The second kappa shape index (κ2) is 4.88. The normalized spacial score (nSPS) is 18.1. The molecule has 0 amide bonds. The summed E-state index contributed by atoms with van der Waals surface area (Å²) in [5, 5.41) is 5.68. The summed E-state index contributed by atoms with van der Waals surface area (Å²) in [5.41, 5.74) is 2.81. The number of fused-ring (bicyclic) bond motifs is 3. The molecule has 4 rings (SSSR count). The highest BCUT2D eigenvalue weighted by molar-refractivity contribution is 7.19. The highest BCUT2D eigenvalue weighted by atomic mass is 35.5. The molecule has 0 saturated carbocycles. The molecule has 1 N–H and O–H groups in total. The lowest BCUT2D eigenvalue weighted by Crippen LogP contribution is -2.27. The van der Waals surface area contributed by atoms with E-state index in [2.05, 4.69) is 47.8 Å². The van der Waals surface area contributed by atoms with Gasteiger partial charge in [-0.05, 0) is 34.7 Å². The van der Waals surface area contributed by atoms with Crippen molar-refractivity contribution in [3.05, 3.63) is 69.6 Å². The third-order valence-electron chi connectivity index (χ3n) is 3.95. The van der Waals surface area contributed by atoms with Crippen LogP contribution in [0.3, 0.4) is 0 Å². The van der Waals surface area contributed by atoms with Gasteiger partial charge in [0.15, 0.2) is 0 Å². The summed E-state index contributed by atoms with van der Waals surface area (Å²) in [4.78, 5) is 1.49. The van der Waals surface area contributed by atoms with E-state index < -0.39 is 0 Å². The van der Waals surface area contributed by atoms with Crippen molar-refractivity contribution in [2.75, 3.05) is 6.54 Å². The number of rotatable bonds is 1. The van der Waals surface area contributed by atoms with E-state index >= 15 is 0 Å². The fraction of sp³-hybridized carbons (Fsp3) is 0.176. The van der Waals surface area contributed by atoms with E-state index in [4.69, 9.17) is 11.6 Å². The van der Waals surface area contributed by atoms with Crippen LogP contribution in [-0.2, 0) is 6.54 Å². The highest BCUT2D eigenvalue weighted by Gasteiger charge is 2.25. The lowest BCUT2D eigenvalue weighted by molar-refractivity contribution is 0.604. The van der Waals surface area contributed by atoms with Gasteiger partial charge in [0.25, 0.3) is 0 Å². The van der Waals surface area contributed by atoms with Crippen LogP contribution in [0.25, 0.3) is 10.1 Å². The fourth-order valence-electron chi connectivity index (χ4n) is 2.99. The van der Waals surface area contributed by atoms with Gasteiger partial charge in [0, 0.05) is 33.6 Å². The van der Waals surface area contributed by atoms with E-state index in [9.17, 15) is 0 Å². The van der Waals surface area contributed by atoms with Crippen LogP contribution in [0.4, 0.5) is 0 Å². The minimum absolute atomic E-state index is 0.455. The molecule has 1 nitrogen and oxygen atoms in total. The Balaban J connectivity index is 1.91. The van der Waals surface area contributed by atoms with Crippen LogP contribution in [0.15, 0.2) is 48.5 Å². The maximum Gasteiger partial charge on any atom is 0.0413 e. The molecule has 1 unspecified atom stereocenters. The van der Waals surface area contributed by atoms with Gasteiger partial charge in [0.1, 0.15) is 0 Å². The largest absolute Gasteiger partial charge is 0.312 e. The topological polar surface area (TPSA) is 12.0 Å². The Morgan fingerprint density at radius 3 is 2.80 bits per heavy atom. The van der Waals surface area contributed by atoms with Gasteiger partial charge in [0.2, 0.25) is 0 Å². The Kier molecular flexibility index (Phi) is 3.03. The standard InChI is InChI=1S/C17H14ClNS/c18-12-6-7-16-13(8-12)15-10-19-9-14(17(15)20-16)11-4-2-1-3-5-11/h1-8,14,19H,9-10H2. The zero-order chi connectivity index (χ0) is 13.5. The van der Waals surface area contributed by atoms with Crippen molar-refractivity contribution in [1.82, 2.24) is 5.32 Å². The van der Waals surface area contributed by atoms with Gasteiger partial charge < -0.3 is 5.32 Å². The lowest BCUT2D eigenvalue weighted by atomic mass is 9.91. The van der Waals surface area contributed by atoms with E-state index in [0.29, 0.717) is 5.92 Å². The summed E-state index contributed by atoms with van der Waals surface area (Å²) in [6, 6.07) is 17.0. The van der Waals surface area contributed by atoms with Crippen LogP contribution in [0.5, 0.6) is 0 Å². The van der Waals surface area contributed by atoms with Crippen LogP contribution >= 0.6 is 22.9 Å². The number of thiophene rings is 1. The Hall–Kier alpha value is -1.35. The number of benzene rings is 2. The van der Waals surface area contributed by atoms with Gasteiger partial charge in [0.05, 0.1) is 0 Å². The average Bonchev–Trinajstić information content (AvgIpc) is 2.86. The molecular formula is C17H14ClNS. The molecule has 20 heavy (non-hydrogen) atoms. The summed E-state index contributed by atoms with van der Waals surface area (Å²) < 4.78 is 1.34. The molecule has 3 heteroatoms. The van der Waals surface area contributed by atoms with Crippen molar-refractivity contribution in [3.8, 4) is 0 Å². The Labute approximate surface area is 127 Å². The molecule has 1 aromatic heterocycles. The van der Waals surface area contributed by atoms with Crippen LogP contribution in [0.1, 0.15) is 21.9 Å². The molecule has 2 aromatic carbocycles. The van der Waals surface area contributed by atoms with Crippen LogP contribution in [-0.4, -0.2) is 6.54 Å². The maximum absolute atomic E-state index is 6.16. The molecule has 1 aliphatic rings. The molecule has 100 valence electrons. The number of nitrogens with one attached hydrogen (secondary N) is 1. The zero-order valence-corrected chi connectivity index (χ0v) is 12.5. The van der Waals surface area contributed by atoms with Crippen molar-refractivity contribution < 1.29 is 0 Å². The van der Waals surface area contributed by atoms with Crippen LogP contribution in [0, 0.1) is 0 Å². The minimum Gasteiger partial charge on any atom is -0.312 e. The van der Waals surface area contributed by atoms with E-state index in [1.165, 1.54) is 26.1 Å². The number of hydrogen-bond acceptors (Lipinski definition) is 2. The predicted molar refractivity (Wildman–Crippen MR) is 86.8 cm³/mol. The van der Waals surface area contributed by atoms with Gasteiger partial charge in [-0.25, -0.2) is 0 Å². The molecule has 0 fully saturated rings. The first-order valence-corrected chi connectivity index (χ1v) is 7.99. The fourth-order valence-corrected chi connectivity index (χ4v) is 4.50. The summed E-state index contributed by atoms with van der Waals surface area (Å²) in [5.74, 6) is 0.455. The molecule has 0 spiro atoms. The summed E-state index contributed by atoms with van der Waals surface area (Å²) in [7, 11) is 0. The van der Waals surface area contributed by atoms with Crippen LogP contribution in [0.2, 0.25) is 5.02 Å². The van der Waals surface area contributed by atoms with E-state index in [1.807, 2.05) is 17.4 Å². The second-order valence-electron chi connectivity index (χ2n) is 5.18. The molecular weight excluding hydrogens is 286 g/mol. The smallest absolute Gasteiger partial charge is 0.0413 e. The number of hydrogen-bond donors (Lipinski definition) is 1. The molecule has 2 heterocycles. The van der Waals surface area contributed by atoms with Crippen molar-refractivity contribution in [2.45, 2.75) is 12.5 Å². The molecule has 1 aliphatic heterocycles. The van der Waals surface area contributed by atoms with Gasteiger partial charge >= 0.3 is 0 Å². The highest BCUT2D eigenvalue weighted by Crippen LogP contribution is 2.41. The summed E-state index contributed by atoms with van der Waals surface area (Å²) >= 11 is 8.07. The van der Waals surface area contributed by atoms with Gasteiger partial charge in [-0.3, -0.25) is 0 Å². The van der Waals surface area contributed by atoms with Crippen molar-refractivity contribution in [1.29, 1.82) is 0 Å². The first-order chi connectivity index (χ1) is 9.83. The molecule has 0 saturated heterocycles. The van der Waals surface area contributed by atoms with Crippen molar-refractivity contribution >= 4 is 33.0 Å². The monoisotopic (exact) mass is 299 g/mol. The number of halogens is 1. The Morgan fingerprint density at radius 2 is 1.95 bits per heavy atom. The molecule has 0 radical (unpaired) electrons. The first-order valence-electron chi connectivity index (χ1n) is 6.79. The lowest BCUT2D eigenvalue weighted by Gasteiger charge is -2.24. The zero-order valence-electron chi connectivity index (χ0n) is 10.9. The Morgan fingerprint density at radius 1 is 1.10 bits per heavy atom. The van der Waals surface area contributed by atoms with Crippen molar-refractivity contribution in [2.24, 2.45) is 0 Å². The third-order valence-corrected chi connectivity index (χ3v) is 5.51. The van der Waals surface area contributed by atoms with E-state index in [-0.39, 0.29) is 0 Å². The van der Waals surface area contributed by atoms with E-state index in [1.54, 1.807) is 0 Å². The summed E-state index contributed by atoms with van der Waals surface area (Å²) in [6.45, 7) is 1.95. The quantitative estimate of drug-likeness (QED) is 0.681. The molecule has 0 aliphatic carbocycles. The van der Waals surface area contributed by atoms with E-state index in [0.717, 1.165) is 18.1 Å². The van der Waals surface area contributed by atoms with Gasteiger partial charge in [-0.1, -0.05) is 41.9 Å². The van der Waals surface area contributed by atoms with Gasteiger partial charge in [-0.2, -0.15) is 0 Å². The average molecular weight is 300 g/mol. The minimum atomic E-state index is 0.455. The predicted octanol–water partition coefficient (Wildman–Crippen LogP) is 4.79. The van der Waals surface area contributed by atoms with Crippen LogP contribution < -0.4 is 5.32 Å². The summed E-state index contributed by atoms with van der Waals surface area (Å²) in [6.07, 6.45) is 0. The van der Waals surface area contributed by atoms with Gasteiger partial charge in [-0.15, -0.1) is 11.3 Å². The maximum atomic E-state index is 6.16. The van der Waals surface area contributed by atoms with Crippen molar-refractivity contribution in [3.63, 3.8) is 0 Å². The second-order valence-corrected chi connectivity index (χ2v) is 6.70.